The molecule has 0 saturated heterocycles. The van der Waals surface area contributed by atoms with Crippen LogP contribution in [0.25, 0.3) is 0 Å². The van der Waals surface area contributed by atoms with Crippen molar-refractivity contribution in [3.63, 3.8) is 0 Å². The summed E-state index contributed by atoms with van der Waals surface area (Å²) in [5.41, 5.74) is 0.710. The van der Waals surface area contributed by atoms with Gasteiger partial charge in [0.25, 0.3) is 0 Å². The summed E-state index contributed by atoms with van der Waals surface area (Å²) < 4.78 is 0. The van der Waals surface area contributed by atoms with Crippen LogP contribution in [0.4, 0.5) is 0 Å². The first-order chi connectivity index (χ1) is 8.85. The van der Waals surface area contributed by atoms with Crippen molar-refractivity contribution in [2.75, 3.05) is 20.6 Å². The van der Waals surface area contributed by atoms with Crippen molar-refractivity contribution >= 4 is 0 Å². The summed E-state index contributed by atoms with van der Waals surface area (Å²) in [5, 5.41) is 0. The lowest BCUT2D eigenvalue weighted by atomic mass is 9.50. The minimum absolute atomic E-state index is 0.710. The Labute approximate surface area is 120 Å². The fourth-order valence-electron chi connectivity index (χ4n) is 5.97. The molecule has 0 aromatic rings. The van der Waals surface area contributed by atoms with E-state index in [0.717, 1.165) is 41.4 Å². The predicted molar refractivity (Wildman–Crippen MR) is 82.0 cm³/mol. The van der Waals surface area contributed by atoms with Crippen LogP contribution < -0.4 is 0 Å². The highest BCUT2D eigenvalue weighted by Crippen LogP contribution is 2.70. The molecule has 0 aromatic carbocycles. The summed E-state index contributed by atoms with van der Waals surface area (Å²) in [6.07, 6.45) is 4.60. The number of nitrogens with zero attached hydrogens (tertiary/aromatic N) is 1. The molecule has 5 atom stereocenters. The summed E-state index contributed by atoms with van der Waals surface area (Å²) in [5.74, 6) is 6.99. The van der Waals surface area contributed by atoms with E-state index in [-0.39, 0.29) is 0 Å². The highest BCUT2D eigenvalue weighted by Gasteiger charge is 2.63. The summed E-state index contributed by atoms with van der Waals surface area (Å²) in [6.45, 7) is 11.3. The Kier molecular flexibility index (Phi) is 3.28. The lowest BCUT2D eigenvalue weighted by molar-refractivity contribution is -0.0546. The maximum Gasteiger partial charge on any atom is 0.000897 e. The average Bonchev–Trinajstić information content (AvgIpc) is 2.87. The van der Waals surface area contributed by atoms with Gasteiger partial charge in [-0.1, -0.05) is 27.7 Å². The van der Waals surface area contributed by atoms with Crippen LogP contribution >= 0.6 is 0 Å². The normalized spacial score (nSPS) is 52.4. The van der Waals surface area contributed by atoms with Gasteiger partial charge in [0.1, 0.15) is 0 Å². The van der Waals surface area contributed by atoms with Gasteiger partial charge < -0.3 is 4.90 Å². The van der Waals surface area contributed by atoms with Crippen LogP contribution in [0.15, 0.2) is 0 Å². The van der Waals surface area contributed by atoms with Crippen LogP contribution in [0, 0.1) is 46.8 Å². The maximum atomic E-state index is 2.55. The third kappa shape index (κ3) is 2.07. The minimum atomic E-state index is 0.710. The fraction of sp³-hybridized carbons (Fsp3) is 1.00. The van der Waals surface area contributed by atoms with Gasteiger partial charge in [-0.2, -0.15) is 0 Å². The molecular formula is C18H33N. The van der Waals surface area contributed by atoms with Crippen molar-refractivity contribution in [3.8, 4) is 0 Å². The van der Waals surface area contributed by atoms with E-state index in [4.69, 9.17) is 0 Å². The zero-order valence-corrected chi connectivity index (χ0v) is 13.8. The Balaban J connectivity index is 1.81. The molecule has 4 aliphatic carbocycles. The van der Waals surface area contributed by atoms with Crippen LogP contribution in [-0.2, 0) is 0 Å². The molecule has 0 heterocycles. The third-order valence-corrected chi connectivity index (χ3v) is 7.15. The van der Waals surface area contributed by atoms with Crippen LogP contribution in [-0.4, -0.2) is 25.5 Å². The van der Waals surface area contributed by atoms with E-state index < -0.39 is 0 Å². The summed E-state index contributed by atoms with van der Waals surface area (Å²) >= 11 is 0. The number of fused-ring (bicyclic) bond motifs is 2. The highest BCUT2D eigenvalue weighted by molar-refractivity contribution is 5.12. The summed E-state index contributed by atoms with van der Waals surface area (Å²) in [4.78, 5) is 2.43. The lowest BCUT2D eigenvalue weighted by Gasteiger charge is -2.55. The van der Waals surface area contributed by atoms with Crippen LogP contribution in [0.5, 0.6) is 0 Å². The predicted octanol–water partition coefficient (Wildman–Crippen LogP) is 4.14. The molecule has 5 unspecified atom stereocenters. The van der Waals surface area contributed by atoms with Crippen LogP contribution in [0.2, 0.25) is 0 Å². The van der Waals surface area contributed by atoms with Crippen molar-refractivity contribution in [1.29, 1.82) is 0 Å². The summed E-state index contributed by atoms with van der Waals surface area (Å²) in [6, 6.07) is 0. The molecule has 4 fully saturated rings. The van der Waals surface area contributed by atoms with Gasteiger partial charge in [0.2, 0.25) is 0 Å². The first-order valence-electron chi connectivity index (χ1n) is 8.50. The van der Waals surface area contributed by atoms with Gasteiger partial charge in [-0.15, -0.1) is 0 Å². The molecule has 0 N–H and O–H groups in total. The van der Waals surface area contributed by atoms with Gasteiger partial charge in [0.15, 0.2) is 0 Å². The van der Waals surface area contributed by atoms with Gasteiger partial charge in [0.05, 0.1) is 0 Å². The third-order valence-electron chi connectivity index (χ3n) is 7.15. The van der Waals surface area contributed by atoms with Gasteiger partial charge in [0, 0.05) is 6.54 Å². The molecule has 0 radical (unpaired) electrons. The molecule has 2 bridgehead atoms. The van der Waals surface area contributed by atoms with Crippen molar-refractivity contribution in [1.82, 2.24) is 4.90 Å². The quantitative estimate of drug-likeness (QED) is 0.740. The molecule has 0 spiro atoms. The number of rotatable bonds is 3. The van der Waals surface area contributed by atoms with E-state index in [2.05, 4.69) is 46.7 Å². The zero-order valence-electron chi connectivity index (χ0n) is 13.8. The molecule has 0 amide bonds. The standard InChI is InChI=1S/C18H33N/c1-11(2)18-7-12(3)15(10-19(5)6)17-13(4)16(17)14(8-18)9-18/h11-17H,7-10H2,1-6H3. The molecule has 0 aliphatic heterocycles. The first kappa shape index (κ1) is 13.9. The van der Waals surface area contributed by atoms with E-state index in [1.807, 2.05) is 0 Å². The number of hydrogen-bond acceptors (Lipinski definition) is 1. The van der Waals surface area contributed by atoms with Crippen LogP contribution in [0.1, 0.15) is 47.0 Å². The second-order valence-corrected chi connectivity index (χ2v) is 8.81. The van der Waals surface area contributed by atoms with E-state index >= 15 is 0 Å². The Morgan fingerprint density at radius 2 is 1.68 bits per heavy atom. The monoisotopic (exact) mass is 263 g/mol. The Bertz CT molecular complexity index is 340. The Morgan fingerprint density at radius 3 is 2.21 bits per heavy atom. The second kappa shape index (κ2) is 4.48. The van der Waals surface area contributed by atoms with E-state index in [1.54, 1.807) is 12.8 Å². The van der Waals surface area contributed by atoms with Crippen molar-refractivity contribution in [3.05, 3.63) is 0 Å². The van der Waals surface area contributed by atoms with E-state index in [0.29, 0.717) is 5.41 Å². The smallest absolute Gasteiger partial charge is 0.000897 e. The molecule has 19 heavy (non-hydrogen) atoms. The lowest BCUT2D eigenvalue weighted by Crippen LogP contribution is -2.47. The minimum Gasteiger partial charge on any atom is -0.309 e. The molecular weight excluding hydrogens is 230 g/mol. The molecule has 0 aromatic heterocycles. The van der Waals surface area contributed by atoms with Gasteiger partial charge >= 0.3 is 0 Å². The zero-order chi connectivity index (χ0) is 13.9. The van der Waals surface area contributed by atoms with E-state index in [9.17, 15) is 0 Å². The van der Waals surface area contributed by atoms with Crippen LogP contribution in [0.3, 0.4) is 0 Å². The van der Waals surface area contributed by atoms with Crippen molar-refractivity contribution in [2.24, 2.45) is 46.8 Å². The molecule has 1 heteroatoms. The summed E-state index contributed by atoms with van der Waals surface area (Å²) in [7, 11) is 4.51. The SMILES string of the molecule is CC1CC2(C(C)C)CC(C2)C2C(C)C2C1CN(C)C. The van der Waals surface area contributed by atoms with Gasteiger partial charge in [-0.25, -0.2) is 0 Å². The van der Waals surface area contributed by atoms with Crippen molar-refractivity contribution < 1.29 is 0 Å². The molecule has 4 rings (SSSR count). The van der Waals surface area contributed by atoms with E-state index in [1.165, 1.54) is 13.0 Å². The maximum absolute atomic E-state index is 2.55. The molecule has 1 nitrogen and oxygen atoms in total. The molecule has 4 aliphatic rings. The average molecular weight is 263 g/mol. The highest BCUT2D eigenvalue weighted by atomic mass is 15.1. The van der Waals surface area contributed by atoms with Crippen molar-refractivity contribution in [2.45, 2.75) is 47.0 Å². The Morgan fingerprint density at radius 1 is 1.05 bits per heavy atom. The molecule has 4 saturated carbocycles. The van der Waals surface area contributed by atoms with Gasteiger partial charge in [-0.05, 0) is 80.2 Å². The van der Waals surface area contributed by atoms with Gasteiger partial charge in [-0.3, -0.25) is 0 Å². The molecule has 110 valence electrons. The Hall–Kier alpha value is -0.0400. The first-order valence-corrected chi connectivity index (χ1v) is 8.50. The largest absolute Gasteiger partial charge is 0.309 e. The number of hydrogen-bond donors (Lipinski definition) is 0. The fourth-order valence-corrected chi connectivity index (χ4v) is 5.97. The topological polar surface area (TPSA) is 3.24 Å². The second-order valence-electron chi connectivity index (χ2n) is 8.81.